The van der Waals surface area contributed by atoms with Crippen LogP contribution < -0.4 is 0 Å². The number of hydrogen-bond acceptors (Lipinski definition) is 3. The van der Waals surface area contributed by atoms with E-state index in [1.165, 1.54) is 0 Å². The SMILES string of the molecule is CC/C(OCc1ccccc1)=C(/OC)O[Si](C)(C)C. The van der Waals surface area contributed by atoms with E-state index in [2.05, 4.69) is 19.6 Å². The van der Waals surface area contributed by atoms with Gasteiger partial charge in [0.1, 0.15) is 6.61 Å². The van der Waals surface area contributed by atoms with Crippen molar-refractivity contribution in [3.63, 3.8) is 0 Å². The number of allylic oxidation sites excluding steroid dienone is 1. The Balaban J connectivity index is 2.74. The molecular weight excluding hydrogens is 256 g/mol. The minimum atomic E-state index is -1.69. The van der Waals surface area contributed by atoms with Crippen LogP contribution in [0.4, 0.5) is 0 Å². The van der Waals surface area contributed by atoms with E-state index in [-0.39, 0.29) is 0 Å². The quantitative estimate of drug-likeness (QED) is 0.551. The Bertz CT molecular complexity index is 407. The van der Waals surface area contributed by atoms with Crippen molar-refractivity contribution in [3.05, 3.63) is 47.6 Å². The van der Waals surface area contributed by atoms with Crippen LogP contribution in [0, 0.1) is 0 Å². The number of rotatable bonds is 7. The fraction of sp³-hybridized carbons (Fsp3) is 0.467. The van der Waals surface area contributed by atoms with E-state index in [0.29, 0.717) is 12.6 Å². The van der Waals surface area contributed by atoms with E-state index >= 15 is 0 Å². The van der Waals surface area contributed by atoms with Crippen LogP contribution in [0.1, 0.15) is 18.9 Å². The van der Waals surface area contributed by atoms with Crippen LogP contribution in [0.3, 0.4) is 0 Å². The van der Waals surface area contributed by atoms with Gasteiger partial charge in [-0.25, -0.2) is 0 Å². The van der Waals surface area contributed by atoms with Crippen molar-refractivity contribution >= 4 is 8.32 Å². The molecule has 1 aromatic rings. The second kappa shape index (κ2) is 7.24. The molecule has 0 unspecified atom stereocenters. The molecule has 0 N–H and O–H groups in total. The summed E-state index contributed by atoms with van der Waals surface area (Å²) >= 11 is 0. The number of benzene rings is 1. The molecular formula is C15H24O3Si. The average molecular weight is 280 g/mol. The molecule has 0 amide bonds. The second-order valence-corrected chi connectivity index (χ2v) is 9.69. The molecule has 0 fully saturated rings. The third-order valence-corrected chi connectivity index (χ3v) is 3.19. The molecule has 0 aliphatic heterocycles. The van der Waals surface area contributed by atoms with Crippen LogP contribution in [0.2, 0.25) is 19.6 Å². The Morgan fingerprint density at radius 3 is 2.21 bits per heavy atom. The van der Waals surface area contributed by atoms with E-state index in [4.69, 9.17) is 13.9 Å². The molecule has 1 rings (SSSR count). The summed E-state index contributed by atoms with van der Waals surface area (Å²) in [7, 11) is -0.0695. The molecule has 1 aromatic carbocycles. The molecule has 19 heavy (non-hydrogen) atoms. The molecule has 0 bridgehead atoms. The van der Waals surface area contributed by atoms with Crippen molar-refractivity contribution in [1.82, 2.24) is 0 Å². The Morgan fingerprint density at radius 2 is 1.74 bits per heavy atom. The van der Waals surface area contributed by atoms with Gasteiger partial charge in [-0.3, -0.25) is 0 Å². The molecule has 0 spiro atoms. The first kappa shape index (κ1) is 15.6. The molecule has 0 aromatic heterocycles. The summed E-state index contributed by atoms with van der Waals surface area (Å²) in [5, 5.41) is 0. The molecule has 0 radical (unpaired) electrons. The van der Waals surface area contributed by atoms with Crippen molar-refractivity contribution in [2.45, 2.75) is 39.6 Å². The third kappa shape index (κ3) is 5.83. The smallest absolute Gasteiger partial charge is 0.304 e. The summed E-state index contributed by atoms with van der Waals surface area (Å²) in [6.45, 7) is 8.93. The van der Waals surface area contributed by atoms with E-state index in [1.807, 2.05) is 37.3 Å². The van der Waals surface area contributed by atoms with Gasteiger partial charge in [-0.1, -0.05) is 37.3 Å². The van der Waals surface area contributed by atoms with Gasteiger partial charge in [-0.15, -0.1) is 0 Å². The zero-order valence-corrected chi connectivity index (χ0v) is 13.5. The van der Waals surface area contributed by atoms with Crippen molar-refractivity contribution in [3.8, 4) is 0 Å². The van der Waals surface area contributed by atoms with Crippen LogP contribution in [0.15, 0.2) is 42.0 Å². The normalized spacial score (nSPS) is 12.7. The van der Waals surface area contributed by atoms with Crippen LogP contribution >= 0.6 is 0 Å². The third-order valence-electron chi connectivity index (χ3n) is 2.39. The highest BCUT2D eigenvalue weighted by molar-refractivity contribution is 6.70. The molecule has 0 saturated heterocycles. The second-order valence-electron chi connectivity index (χ2n) is 5.26. The number of ether oxygens (including phenoxy) is 2. The topological polar surface area (TPSA) is 27.7 Å². The highest BCUT2D eigenvalue weighted by atomic mass is 28.4. The lowest BCUT2D eigenvalue weighted by Crippen LogP contribution is -2.26. The lowest BCUT2D eigenvalue weighted by atomic mass is 10.2. The van der Waals surface area contributed by atoms with Crippen molar-refractivity contribution in [2.75, 3.05) is 7.11 Å². The fourth-order valence-corrected chi connectivity index (χ4v) is 2.29. The highest BCUT2D eigenvalue weighted by Gasteiger charge is 2.21. The maximum atomic E-state index is 5.90. The standard InChI is InChI=1S/C15H24O3Si/c1-6-14(15(16-2)18-19(3,4)5)17-12-13-10-8-7-9-11-13/h7-11H,6,12H2,1-5H3/b15-14+. The summed E-state index contributed by atoms with van der Waals surface area (Å²) in [5.74, 6) is 1.30. The van der Waals surface area contributed by atoms with Gasteiger partial charge in [0.2, 0.25) is 8.32 Å². The Hall–Kier alpha value is -1.42. The van der Waals surface area contributed by atoms with Crippen molar-refractivity contribution in [2.24, 2.45) is 0 Å². The predicted molar refractivity (Wildman–Crippen MR) is 80.0 cm³/mol. The van der Waals surface area contributed by atoms with Gasteiger partial charge in [0.15, 0.2) is 5.76 Å². The van der Waals surface area contributed by atoms with Crippen molar-refractivity contribution in [1.29, 1.82) is 0 Å². The first-order valence-electron chi connectivity index (χ1n) is 6.59. The summed E-state index contributed by atoms with van der Waals surface area (Å²) in [5.41, 5.74) is 1.14. The highest BCUT2D eigenvalue weighted by Crippen LogP contribution is 2.19. The minimum Gasteiger partial charge on any atom is -0.517 e. The predicted octanol–water partition coefficient (Wildman–Crippen LogP) is 4.28. The molecule has 0 atom stereocenters. The van der Waals surface area contributed by atoms with Crippen LogP contribution in [-0.4, -0.2) is 15.4 Å². The van der Waals surface area contributed by atoms with Gasteiger partial charge in [-0.2, -0.15) is 0 Å². The fourth-order valence-electron chi connectivity index (χ4n) is 1.54. The lowest BCUT2D eigenvalue weighted by molar-refractivity contribution is 0.0904. The van der Waals surface area contributed by atoms with E-state index in [1.54, 1.807) is 7.11 Å². The zero-order valence-electron chi connectivity index (χ0n) is 12.5. The molecule has 106 valence electrons. The summed E-state index contributed by atoms with van der Waals surface area (Å²) < 4.78 is 17.1. The summed E-state index contributed by atoms with van der Waals surface area (Å²) in [6.07, 6.45) is 0.750. The maximum Gasteiger partial charge on any atom is 0.304 e. The van der Waals surface area contributed by atoms with Crippen LogP contribution in [0.25, 0.3) is 0 Å². The summed E-state index contributed by atoms with van der Waals surface area (Å²) in [4.78, 5) is 0. The molecule has 3 nitrogen and oxygen atoms in total. The first-order chi connectivity index (χ1) is 8.96. The van der Waals surface area contributed by atoms with Gasteiger partial charge in [-0.05, 0) is 25.2 Å². The van der Waals surface area contributed by atoms with Gasteiger partial charge in [0.25, 0.3) is 0 Å². The van der Waals surface area contributed by atoms with Crippen molar-refractivity contribution < 1.29 is 13.9 Å². The molecule has 0 aliphatic rings. The van der Waals surface area contributed by atoms with Gasteiger partial charge in [0, 0.05) is 6.42 Å². The van der Waals surface area contributed by atoms with E-state index < -0.39 is 8.32 Å². The van der Waals surface area contributed by atoms with Gasteiger partial charge < -0.3 is 13.9 Å². The van der Waals surface area contributed by atoms with E-state index in [9.17, 15) is 0 Å². The summed E-state index contributed by atoms with van der Waals surface area (Å²) in [6, 6.07) is 10.1. The Kier molecular flexibility index (Phi) is 5.95. The molecule has 0 heterocycles. The van der Waals surface area contributed by atoms with Crippen LogP contribution in [-0.2, 0) is 20.5 Å². The number of hydrogen-bond donors (Lipinski definition) is 0. The number of methoxy groups -OCH3 is 1. The molecule has 4 heteroatoms. The van der Waals surface area contributed by atoms with Gasteiger partial charge in [0.05, 0.1) is 7.11 Å². The lowest BCUT2D eigenvalue weighted by Gasteiger charge is -2.22. The Morgan fingerprint density at radius 1 is 1.11 bits per heavy atom. The van der Waals surface area contributed by atoms with Gasteiger partial charge >= 0.3 is 5.95 Å². The first-order valence-corrected chi connectivity index (χ1v) is 10.00. The van der Waals surface area contributed by atoms with Crippen LogP contribution in [0.5, 0.6) is 0 Å². The molecule has 0 saturated carbocycles. The average Bonchev–Trinajstić information content (AvgIpc) is 2.38. The largest absolute Gasteiger partial charge is 0.517 e. The maximum absolute atomic E-state index is 5.90. The monoisotopic (exact) mass is 280 g/mol. The van der Waals surface area contributed by atoms with E-state index in [0.717, 1.165) is 17.7 Å². The Labute approximate surface area is 117 Å². The zero-order chi connectivity index (χ0) is 14.3. The molecule has 0 aliphatic carbocycles. The minimum absolute atomic E-state index is 0.526.